The largest absolute Gasteiger partial charge is 0.202 e. The summed E-state index contributed by atoms with van der Waals surface area (Å²) in [5.74, 6) is -37.3. The fourth-order valence-corrected chi connectivity index (χ4v) is 5.34. The molecule has 0 atom stereocenters. The number of nitrogens with zero attached hydrogens (tertiary/aromatic N) is 3. The minimum absolute atomic E-state index is 0.515. The lowest BCUT2D eigenvalue weighted by atomic mass is 10.3. The first-order chi connectivity index (χ1) is 19.6. The molecule has 4 rings (SSSR count). The first kappa shape index (κ1) is 31.6. The summed E-state index contributed by atoms with van der Waals surface area (Å²) >= 11 is -1.55. The van der Waals surface area contributed by atoms with Crippen molar-refractivity contribution in [3.63, 3.8) is 0 Å². The van der Waals surface area contributed by atoms with Gasteiger partial charge in [0.2, 0.25) is 17.5 Å². The molecule has 42 heavy (non-hydrogen) atoms. The van der Waals surface area contributed by atoms with Gasteiger partial charge in [-0.1, -0.05) is 0 Å². The summed E-state index contributed by atoms with van der Waals surface area (Å²) in [4.78, 5) is 4.88. The molecule has 1 aromatic heterocycles. The summed E-state index contributed by atoms with van der Waals surface area (Å²) in [6.45, 7) is 0. The van der Waals surface area contributed by atoms with Gasteiger partial charge in [-0.25, -0.2) is 65.9 Å². The van der Waals surface area contributed by atoms with E-state index in [-0.39, 0.29) is 0 Å². The Kier molecular flexibility index (Phi) is 8.84. The molecule has 0 saturated carbocycles. The van der Waals surface area contributed by atoms with Crippen molar-refractivity contribution in [2.75, 3.05) is 0 Å². The summed E-state index contributed by atoms with van der Waals surface area (Å²) in [5.41, 5.74) is 0. The van der Waals surface area contributed by atoms with Gasteiger partial charge >= 0.3 is 0 Å². The topological polar surface area (TPSA) is 38.7 Å². The zero-order chi connectivity index (χ0) is 31.4. The summed E-state index contributed by atoms with van der Waals surface area (Å²) < 4.78 is 207. The Balaban J connectivity index is 1.90. The molecule has 0 amide bonds. The number of hydrogen-bond acceptors (Lipinski definition) is 6. The van der Waals surface area contributed by atoms with Gasteiger partial charge in [0.25, 0.3) is 0 Å². The third-order valence-electron chi connectivity index (χ3n) is 4.66. The summed E-state index contributed by atoms with van der Waals surface area (Å²) in [7, 11) is 0. The molecule has 0 aliphatic rings. The molecule has 1 heterocycles. The van der Waals surface area contributed by atoms with Crippen molar-refractivity contribution in [2.24, 2.45) is 0 Å². The minimum Gasteiger partial charge on any atom is -0.202 e. The molecule has 0 saturated heterocycles. The molecule has 0 radical (unpaired) electrons. The second-order valence-electron chi connectivity index (χ2n) is 7.19. The molecule has 0 N–H and O–H groups in total. The van der Waals surface area contributed by atoms with Crippen LogP contribution in [0.3, 0.4) is 0 Å². The minimum atomic E-state index is -2.59. The van der Waals surface area contributed by atoms with E-state index in [4.69, 9.17) is 0 Å². The molecule has 0 aliphatic heterocycles. The highest BCUT2D eigenvalue weighted by Gasteiger charge is 2.31. The van der Waals surface area contributed by atoms with Gasteiger partial charge in [0.05, 0.1) is 14.7 Å². The fourth-order valence-electron chi connectivity index (χ4n) is 2.75. The van der Waals surface area contributed by atoms with E-state index in [9.17, 15) is 65.9 Å². The van der Waals surface area contributed by atoms with Crippen LogP contribution in [0.25, 0.3) is 0 Å². The highest BCUT2D eigenvalue weighted by atomic mass is 32.2. The van der Waals surface area contributed by atoms with Crippen LogP contribution in [0, 0.1) is 87.3 Å². The molecule has 4 aromatic rings. The van der Waals surface area contributed by atoms with Crippen molar-refractivity contribution in [1.29, 1.82) is 0 Å². The fraction of sp³-hybridized carbons (Fsp3) is 0. The molecule has 21 heteroatoms. The molecular formula is C21F15N3S3. The number of benzene rings is 3. The van der Waals surface area contributed by atoms with Crippen molar-refractivity contribution in [1.82, 2.24) is 15.0 Å². The zero-order valence-corrected chi connectivity index (χ0v) is 21.2. The van der Waals surface area contributed by atoms with Crippen molar-refractivity contribution < 1.29 is 65.9 Å². The SMILES string of the molecule is Fc1c(F)c(F)c(Sc2nc(Sc3c(F)c(F)c(F)c(F)c3F)nc(Sc3c(F)c(F)c(F)c(F)c3F)n2)c(F)c1F. The zero-order valence-electron chi connectivity index (χ0n) is 18.7. The quantitative estimate of drug-likeness (QED) is 0.116. The number of aromatic nitrogens is 3. The van der Waals surface area contributed by atoms with Gasteiger partial charge in [-0.2, -0.15) is 15.0 Å². The first-order valence-corrected chi connectivity index (χ1v) is 12.4. The second-order valence-corrected chi connectivity index (χ2v) is 10.1. The van der Waals surface area contributed by atoms with Crippen LogP contribution in [0.1, 0.15) is 0 Å². The van der Waals surface area contributed by atoms with Gasteiger partial charge in [-0.3, -0.25) is 0 Å². The second kappa shape index (κ2) is 11.7. The van der Waals surface area contributed by atoms with Crippen LogP contribution in [-0.4, -0.2) is 15.0 Å². The maximum Gasteiger partial charge on any atom is 0.200 e. The molecule has 0 unspecified atom stereocenters. The molecule has 0 aliphatic carbocycles. The predicted octanol–water partition coefficient (Wildman–Crippen LogP) is 8.41. The van der Waals surface area contributed by atoms with Gasteiger partial charge in [0.1, 0.15) is 0 Å². The van der Waals surface area contributed by atoms with E-state index in [0.29, 0.717) is 0 Å². The summed E-state index contributed by atoms with van der Waals surface area (Å²) in [6, 6.07) is 0. The van der Waals surface area contributed by atoms with Gasteiger partial charge in [-0.05, 0) is 35.3 Å². The van der Waals surface area contributed by atoms with Gasteiger partial charge in [0.15, 0.2) is 85.3 Å². The molecule has 3 nitrogen and oxygen atoms in total. The van der Waals surface area contributed by atoms with Crippen molar-refractivity contribution in [3.05, 3.63) is 87.3 Å². The summed E-state index contributed by atoms with van der Waals surface area (Å²) in [5, 5.41) is -3.61. The number of rotatable bonds is 6. The standard InChI is InChI=1S/C21F15N3S3/c22-1-4(25)10(31)16(11(32)5(1)26)40-19-37-20(41-17-12(33)6(27)2(23)7(28)13(17)34)39-21(38-19)42-18-14(35)8(29)3(24)9(30)15(18)36. The van der Waals surface area contributed by atoms with Gasteiger partial charge in [0, 0.05) is 0 Å². The van der Waals surface area contributed by atoms with Crippen molar-refractivity contribution in [2.45, 2.75) is 30.2 Å². The third kappa shape index (κ3) is 5.43. The maximum absolute atomic E-state index is 14.2. The Hall–Kier alpha value is -3.33. The van der Waals surface area contributed by atoms with Crippen molar-refractivity contribution in [3.8, 4) is 0 Å². The Morgan fingerprint density at radius 3 is 0.548 bits per heavy atom. The van der Waals surface area contributed by atoms with Crippen molar-refractivity contribution >= 4 is 35.3 Å². The Morgan fingerprint density at radius 2 is 0.381 bits per heavy atom. The van der Waals surface area contributed by atoms with Gasteiger partial charge < -0.3 is 0 Å². The molecule has 0 fully saturated rings. The van der Waals surface area contributed by atoms with E-state index >= 15 is 0 Å². The lowest BCUT2D eigenvalue weighted by Crippen LogP contribution is -2.06. The molecule has 0 spiro atoms. The number of hydrogen-bond donors (Lipinski definition) is 0. The monoisotopic (exact) mass is 675 g/mol. The van der Waals surface area contributed by atoms with Crippen LogP contribution in [-0.2, 0) is 0 Å². The highest BCUT2D eigenvalue weighted by Crippen LogP contribution is 2.40. The Labute approximate surface area is 233 Å². The van der Waals surface area contributed by atoms with E-state index in [1.165, 1.54) is 0 Å². The van der Waals surface area contributed by atoms with Gasteiger partial charge in [-0.15, -0.1) is 0 Å². The highest BCUT2D eigenvalue weighted by molar-refractivity contribution is 8.00. The lowest BCUT2D eigenvalue weighted by Gasteiger charge is -2.11. The maximum atomic E-state index is 14.2. The first-order valence-electron chi connectivity index (χ1n) is 9.90. The normalized spacial score (nSPS) is 11.5. The van der Waals surface area contributed by atoms with E-state index in [1.807, 2.05) is 0 Å². The molecular weight excluding hydrogens is 675 g/mol. The number of halogens is 15. The average Bonchev–Trinajstić information content (AvgIpc) is 2.97. The Bertz CT molecular complexity index is 1480. The van der Waals surface area contributed by atoms with E-state index in [0.717, 1.165) is 0 Å². The van der Waals surface area contributed by atoms with E-state index < -0.39 is 153 Å². The van der Waals surface area contributed by atoms with Crippen LogP contribution in [0.4, 0.5) is 65.9 Å². The lowest BCUT2D eigenvalue weighted by molar-refractivity contribution is 0.360. The van der Waals surface area contributed by atoms with E-state index in [2.05, 4.69) is 15.0 Å². The van der Waals surface area contributed by atoms with Crippen LogP contribution < -0.4 is 0 Å². The van der Waals surface area contributed by atoms with Crippen LogP contribution in [0.5, 0.6) is 0 Å². The van der Waals surface area contributed by atoms with Crippen LogP contribution in [0.15, 0.2) is 30.2 Å². The molecule has 222 valence electrons. The third-order valence-corrected chi connectivity index (χ3v) is 7.45. The molecule has 0 bridgehead atoms. The smallest absolute Gasteiger partial charge is 0.200 e. The Morgan fingerprint density at radius 1 is 0.238 bits per heavy atom. The van der Waals surface area contributed by atoms with Crippen LogP contribution >= 0.6 is 35.3 Å². The average molecular weight is 675 g/mol. The van der Waals surface area contributed by atoms with E-state index in [1.54, 1.807) is 0 Å². The van der Waals surface area contributed by atoms with Crippen LogP contribution in [0.2, 0.25) is 0 Å². The summed E-state index contributed by atoms with van der Waals surface area (Å²) in [6.07, 6.45) is 0. The molecule has 3 aromatic carbocycles. The predicted molar refractivity (Wildman–Crippen MR) is 111 cm³/mol.